The number of carbonyl (C=O) groups excluding carboxylic acids is 1. The Morgan fingerprint density at radius 3 is 2.91 bits per heavy atom. The Morgan fingerprint density at radius 1 is 1.43 bits per heavy atom. The number of amides is 1. The number of rotatable bonds is 2. The summed E-state index contributed by atoms with van der Waals surface area (Å²) in [5.41, 5.74) is 2.84. The zero-order valence-electron chi connectivity index (χ0n) is 12.4. The number of dihydropyridines is 1. The van der Waals surface area contributed by atoms with E-state index in [2.05, 4.69) is 16.7 Å². The van der Waals surface area contributed by atoms with E-state index in [-0.39, 0.29) is 11.6 Å². The minimum Gasteiger partial charge on any atom is -0.361 e. The third-order valence-electron chi connectivity index (χ3n) is 4.08. The van der Waals surface area contributed by atoms with E-state index in [0.29, 0.717) is 35.4 Å². The topological polar surface area (TPSA) is 108 Å². The van der Waals surface area contributed by atoms with Crippen molar-refractivity contribution in [2.24, 2.45) is 0 Å². The molecule has 2 aliphatic heterocycles. The van der Waals surface area contributed by atoms with E-state index in [9.17, 15) is 20.2 Å². The lowest BCUT2D eigenvalue weighted by molar-refractivity contribution is -0.384. The van der Waals surface area contributed by atoms with Gasteiger partial charge in [-0.3, -0.25) is 14.9 Å². The molecule has 7 nitrogen and oxygen atoms in total. The molecule has 1 unspecified atom stereocenters. The molecule has 1 atom stereocenters. The van der Waals surface area contributed by atoms with E-state index in [0.717, 1.165) is 5.70 Å². The number of hydrogen-bond donors (Lipinski definition) is 2. The number of benzene rings is 1. The molecule has 23 heavy (non-hydrogen) atoms. The molecule has 1 amide bonds. The Labute approximate surface area is 132 Å². The van der Waals surface area contributed by atoms with Crippen LogP contribution < -0.4 is 10.6 Å². The molecule has 0 spiro atoms. The molecule has 7 heteroatoms. The summed E-state index contributed by atoms with van der Waals surface area (Å²) < 4.78 is 0. The fraction of sp³-hybridized carbons (Fsp3) is 0.250. The summed E-state index contributed by atoms with van der Waals surface area (Å²) in [6, 6.07) is 8.23. The lowest BCUT2D eigenvalue weighted by atomic mass is 9.79. The molecule has 1 aromatic rings. The highest BCUT2D eigenvalue weighted by Gasteiger charge is 2.36. The van der Waals surface area contributed by atoms with Crippen molar-refractivity contribution in [2.45, 2.75) is 19.3 Å². The predicted molar refractivity (Wildman–Crippen MR) is 81.9 cm³/mol. The maximum Gasteiger partial charge on any atom is 0.269 e. The number of nitriles is 1. The van der Waals surface area contributed by atoms with E-state index in [1.54, 1.807) is 19.1 Å². The van der Waals surface area contributed by atoms with Crippen molar-refractivity contribution in [3.8, 4) is 6.07 Å². The first-order valence-electron chi connectivity index (χ1n) is 7.16. The Hall–Kier alpha value is -3.14. The van der Waals surface area contributed by atoms with Crippen LogP contribution in [0, 0.1) is 21.4 Å². The van der Waals surface area contributed by atoms with Gasteiger partial charge in [-0.05, 0) is 12.5 Å². The van der Waals surface area contributed by atoms with Crippen LogP contribution in [0.3, 0.4) is 0 Å². The van der Waals surface area contributed by atoms with Gasteiger partial charge < -0.3 is 10.6 Å². The van der Waals surface area contributed by atoms with Crippen LogP contribution in [-0.2, 0) is 4.79 Å². The second kappa shape index (κ2) is 5.57. The predicted octanol–water partition coefficient (Wildman–Crippen LogP) is 1.85. The third-order valence-corrected chi connectivity index (χ3v) is 4.08. The van der Waals surface area contributed by atoms with E-state index >= 15 is 0 Å². The molecule has 2 N–H and O–H groups in total. The second-order valence-electron chi connectivity index (χ2n) is 5.46. The van der Waals surface area contributed by atoms with Crippen LogP contribution >= 0.6 is 0 Å². The van der Waals surface area contributed by atoms with E-state index in [1.165, 1.54) is 12.1 Å². The molecule has 3 rings (SSSR count). The van der Waals surface area contributed by atoms with Crippen molar-refractivity contribution in [3.63, 3.8) is 0 Å². The van der Waals surface area contributed by atoms with Crippen molar-refractivity contribution < 1.29 is 9.72 Å². The Bertz CT molecular complexity index is 817. The lowest BCUT2D eigenvalue weighted by Gasteiger charge is -2.32. The second-order valence-corrected chi connectivity index (χ2v) is 5.46. The van der Waals surface area contributed by atoms with Crippen LogP contribution in [0.4, 0.5) is 5.69 Å². The summed E-state index contributed by atoms with van der Waals surface area (Å²) in [4.78, 5) is 22.9. The molecule has 0 radical (unpaired) electrons. The molecule has 2 heterocycles. The molecule has 0 aromatic heterocycles. The number of nitro groups is 1. The lowest BCUT2D eigenvalue weighted by Crippen LogP contribution is -2.40. The minimum atomic E-state index is -0.587. The van der Waals surface area contributed by atoms with Gasteiger partial charge in [-0.15, -0.1) is 0 Å². The monoisotopic (exact) mass is 310 g/mol. The fourth-order valence-corrected chi connectivity index (χ4v) is 3.06. The van der Waals surface area contributed by atoms with Crippen LogP contribution in [0.25, 0.3) is 0 Å². The molecule has 0 saturated carbocycles. The van der Waals surface area contributed by atoms with Crippen LogP contribution in [0.1, 0.15) is 24.8 Å². The molecule has 0 bridgehead atoms. The number of carbonyl (C=O) groups is 1. The van der Waals surface area contributed by atoms with Crippen molar-refractivity contribution >= 4 is 11.6 Å². The van der Waals surface area contributed by atoms with Crippen molar-refractivity contribution in [1.29, 1.82) is 5.26 Å². The van der Waals surface area contributed by atoms with Gasteiger partial charge in [0.2, 0.25) is 5.91 Å². The van der Waals surface area contributed by atoms with Gasteiger partial charge in [0.15, 0.2) is 0 Å². The Morgan fingerprint density at radius 2 is 2.22 bits per heavy atom. The van der Waals surface area contributed by atoms with Crippen molar-refractivity contribution in [1.82, 2.24) is 10.6 Å². The molecule has 1 aromatic carbocycles. The van der Waals surface area contributed by atoms with E-state index < -0.39 is 10.8 Å². The number of nitro benzene ring substituents is 1. The maximum absolute atomic E-state index is 12.3. The molecule has 0 saturated heterocycles. The first kappa shape index (κ1) is 14.8. The number of allylic oxidation sites excluding steroid dienone is 2. The highest BCUT2D eigenvalue weighted by molar-refractivity contribution is 5.98. The highest BCUT2D eigenvalue weighted by atomic mass is 16.6. The summed E-state index contributed by atoms with van der Waals surface area (Å²) in [5.74, 6) is -0.827. The SMILES string of the molecule is CC1=C(C#N)C(c2cccc([N+](=O)[O-])c2)C2=C(CCNC2=O)N1. The third kappa shape index (κ3) is 2.44. The van der Waals surface area contributed by atoms with Gasteiger partial charge >= 0.3 is 0 Å². The molecule has 0 fully saturated rings. The van der Waals surface area contributed by atoms with Gasteiger partial charge in [-0.1, -0.05) is 12.1 Å². The van der Waals surface area contributed by atoms with Crippen molar-refractivity contribution in [3.05, 3.63) is 62.5 Å². The van der Waals surface area contributed by atoms with Crippen molar-refractivity contribution in [2.75, 3.05) is 6.54 Å². The van der Waals surface area contributed by atoms with Gasteiger partial charge in [0.1, 0.15) is 0 Å². The largest absolute Gasteiger partial charge is 0.361 e. The quantitative estimate of drug-likeness (QED) is 0.640. The van der Waals surface area contributed by atoms with Gasteiger partial charge in [0.25, 0.3) is 5.69 Å². The molecular formula is C16H14N4O3. The van der Waals surface area contributed by atoms with Gasteiger partial charge in [-0.25, -0.2) is 0 Å². The summed E-state index contributed by atoms with van der Waals surface area (Å²) >= 11 is 0. The number of non-ortho nitro benzene ring substituents is 1. The van der Waals surface area contributed by atoms with E-state index in [1.807, 2.05) is 0 Å². The standard InChI is InChI=1S/C16H14N4O3/c1-9-12(8-17)14(10-3-2-4-11(7-10)20(22)23)15-13(19-9)5-6-18-16(15)21/h2-4,7,14,19H,5-6H2,1H3,(H,18,21). The highest BCUT2D eigenvalue weighted by Crippen LogP contribution is 2.40. The maximum atomic E-state index is 12.3. The summed E-state index contributed by atoms with van der Waals surface area (Å²) in [7, 11) is 0. The van der Waals surface area contributed by atoms with Crippen LogP contribution in [0.5, 0.6) is 0 Å². The fourth-order valence-electron chi connectivity index (χ4n) is 3.06. The zero-order valence-corrected chi connectivity index (χ0v) is 12.4. The first-order chi connectivity index (χ1) is 11.0. The number of nitrogens with one attached hydrogen (secondary N) is 2. The molecular weight excluding hydrogens is 296 g/mol. The van der Waals surface area contributed by atoms with Gasteiger partial charge in [0.05, 0.1) is 22.5 Å². The normalized spacial score (nSPS) is 20.3. The average Bonchev–Trinajstić information content (AvgIpc) is 2.54. The number of hydrogen-bond acceptors (Lipinski definition) is 5. The van der Waals surface area contributed by atoms with Crippen LogP contribution in [0.15, 0.2) is 46.8 Å². The van der Waals surface area contributed by atoms with Gasteiger partial charge in [0, 0.05) is 42.1 Å². The zero-order chi connectivity index (χ0) is 16.6. The van der Waals surface area contributed by atoms with Gasteiger partial charge in [-0.2, -0.15) is 5.26 Å². The van der Waals surface area contributed by atoms with E-state index in [4.69, 9.17) is 0 Å². The summed E-state index contributed by atoms with van der Waals surface area (Å²) in [6.07, 6.45) is 0.641. The Balaban J connectivity index is 2.19. The van der Waals surface area contributed by atoms with Crippen LogP contribution in [0.2, 0.25) is 0 Å². The smallest absolute Gasteiger partial charge is 0.269 e. The van der Waals surface area contributed by atoms with Crippen LogP contribution in [-0.4, -0.2) is 17.4 Å². The Kier molecular flexibility index (Phi) is 3.58. The minimum absolute atomic E-state index is 0.0608. The number of nitrogens with zero attached hydrogens (tertiary/aromatic N) is 2. The molecule has 2 aliphatic rings. The first-order valence-corrected chi connectivity index (χ1v) is 7.16. The molecule has 116 valence electrons. The summed E-state index contributed by atoms with van der Waals surface area (Å²) in [6.45, 7) is 2.31. The molecule has 0 aliphatic carbocycles. The summed E-state index contributed by atoms with van der Waals surface area (Å²) in [5, 5.41) is 26.4. The average molecular weight is 310 g/mol.